The zero-order valence-electron chi connectivity index (χ0n) is 11.5. The Balaban J connectivity index is 2.03. The molecule has 1 aliphatic heterocycles. The molecule has 1 aromatic carbocycles. The van der Waals surface area contributed by atoms with E-state index < -0.39 is 11.9 Å². The number of likely N-dealkylation sites (tertiary alicyclic amines) is 1. The van der Waals surface area contributed by atoms with E-state index >= 15 is 0 Å². The van der Waals surface area contributed by atoms with Crippen LogP contribution in [0, 0.1) is 0 Å². The molecule has 1 saturated heterocycles. The number of hydrogen-bond acceptors (Lipinski definition) is 3. The molecule has 0 aromatic heterocycles. The number of primary amides is 1. The Morgan fingerprint density at radius 2 is 1.80 bits per heavy atom. The summed E-state index contributed by atoms with van der Waals surface area (Å²) in [6.45, 7) is 1.11. The van der Waals surface area contributed by atoms with Crippen molar-refractivity contribution in [2.24, 2.45) is 11.5 Å². The van der Waals surface area contributed by atoms with Crippen molar-refractivity contribution in [1.82, 2.24) is 4.90 Å². The van der Waals surface area contributed by atoms with E-state index in [1.54, 1.807) is 4.90 Å². The number of rotatable bonds is 4. The quantitative estimate of drug-likeness (QED) is 0.841. The van der Waals surface area contributed by atoms with Gasteiger partial charge in [0.05, 0.1) is 6.42 Å². The molecular weight excluding hydrogens is 254 g/mol. The molecule has 2 amide bonds. The molecule has 2 rings (SSSR count). The van der Waals surface area contributed by atoms with Crippen LogP contribution in [0.2, 0.25) is 0 Å². The first-order chi connectivity index (χ1) is 9.61. The van der Waals surface area contributed by atoms with Gasteiger partial charge in [-0.25, -0.2) is 0 Å². The summed E-state index contributed by atoms with van der Waals surface area (Å²) in [6.07, 6.45) is 2.85. The highest BCUT2D eigenvalue weighted by molar-refractivity contribution is 5.87. The summed E-state index contributed by atoms with van der Waals surface area (Å²) < 4.78 is 0. The van der Waals surface area contributed by atoms with E-state index in [4.69, 9.17) is 11.5 Å². The first-order valence-corrected chi connectivity index (χ1v) is 6.98. The molecule has 0 saturated carbocycles. The Morgan fingerprint density at radius 3 is 2.40 bits per heavy atom. The van der Waals surface area contributed by atoms with Crippen LogP contribution < -0.4 is 11.5 Å². The monoisotopic (exact) mass is 275 g/mol. The second-order valence-corrected chi connectivity index (χ2v) is 5.20. The number of carbonyl (C=O) groups excluding carboxylic acids is 2. The van der Waals surface area contributed by atoms with E-state index in [0.29, 0.717) is 25.9 Å². The van der Waals surface area contributed by atoms with Crippen LogP contribution in [0.15, 0.2) is 24.3 Å². The molecule has 5 nitrogen and oxygen atoms in total. The highest BCUT2D eigenvalue weighted by Gasteiger charge is 2.30. The number of hydrogen-bond donors (Lipinski definition) is 2. The zero-order chi connectivity index (χ0) is 14.5. The molecule has 20 heavy (non-hydrogen) atoms. The summed E-state index contributed by atoms with van der Waals surface area (Å²) in [4.78, 5) is 25.4. The van der Waals surface area contributed by atoms with Gasteiger partial charge in [0.2, 0.25) is 11.8 Å². The maximum absolute atomic E-state index is 12.3. The van der Waals surface area contributed by atoms with Crippen LogP contribution in [0.25, 0.3) is 0 Å². The van der Waals surface area contributed by atoms with Crippen molar-refractivity contribution in [3.63, 3.8) is 0 Å². The molecule has 1 atom stereocenters. The van der Waals surface area contributed by atoms with Crippen molar-refractivity contribution in [3.8, 4) is 0 Å². The Bertz CT molecular complexity index is 484. The van der Waals surface area contributed by atoms with Gasteiger partial charge in [0.25, 0.3) is 0 Å². The molecule has 1 aromatic rings. The normalized spacial score (nSPS) is 18.9. The molecule has 1 fully saturated rings. The third kappa shape index (κ3) is 3.36. The summed E-state index contributed by atoms with van der Waals surface area (Å²) in [6, 6.07) is 7.21. The van der Waals surface area contributed by atoms with Crippen LogP contribution in [0.5, 0.6) is 0 Å². The van der Waals surface area contributed by atoms with E-state index in [0.717, 1.165) is 24.0 Å². The van der Waals surface area contributed by atoms with Gasteiger partial charge in [-0.05, 0) is 30.4 Å². The van der Waals surface area contributed by atoms with E-state index in [1.807, 2.05) is 24.3 Å². The summed E-state index contributed by atoms with van der Waals surface area (Å²) in [5.41, 5.74) is 12.9. The number of nitrogens with zero attached hydrogens (tertiary/aromatic N) is 1. The second kappa shape index (κ2) is 6.52. The van der Waals surface area contributed by atoms with Crippen molar-refractivity contribution in [2.75, 3.05) is 6.54 Å². The molecule has 4 N–H and O–H groups in total. The second-order valence-electron chi connectivity index (χ2n) is 5.20. The van der Waals surface area contributed by atoms with Crippen LogP contribution in [0.3, 0.4) is 0 Å². The largest absolute Gasteiger partial charge is 0.368 e. The van der Waals surface area contributed by atoms with E-state index in [1.165, 1.54) is 0 Å². The van der Waals surface area contributed by atoms with E-state index in [9.17, 15) is 9.59 Å². The summed E-state index contributed by atoms with van der Waals surface area (Å²) >= 11 is 0. The molecular formula is C15H21N3O2. The van der Waals surface area contributed by atoms with Crippen LogP contribution in [0.4, 0.5) is 0 Å². The fraction of sp³-hybridized carbons (Fsp3) is 0.467. The number of benzene rings is 1. The third-order valence-electron chi connectivity index (χ3n) is 3.77. The Hall–Kier alpha value is -1.88. The minimum absolute atomic E-state index is 0.0333. The maximum Gasteiger partial charge on any atom is 0.240 e. The van der Waals surface area contributed by atoms with Gasteiger partial charge in [-0.15, -0.1) is 0 Å². The number of piperidine rings is 1. The van der Waals surface area contributed by atoms with Crippen LogP contribution in [-0.2, 0) is 22.6 Å². The maximum atomic E-state index is 12.3. The Kier molecular flexibility index (Phi) is 4.74. The van der Waals surface area contributed by atoms with Crippen LogP contribution >= 0.6 is 0 Å². The molecule has 1 unspecified atom stereocenters. The molecule has 0 aliphatic carbocycles. The Morgan fingerprint density at radius 1 is 1.15 bits per heavy atom. The molecule has 1 aliphatic rings. The number of amides is 2. The SMILES string of the molecule is NCc1ccc(CC(=O)N2CCCCC2C(N)=O)cc1. The average Bonchev–Trinajstić information content (AvgIpc) is 2.48. The minimum atomic E-state index is -0.445. The number of nitrogens with two attached hydrogens (primary N) is 2. The number of carbonyl (C=O) groups is 2. The van der Waals surface area contributed by atoms with Crippen molar-refractivity contribution < 1.29 is 9.59 Å². The first-order valence-electron chi connectivity index (χ1n) is 6.98. The fourth-order valence-corrected chi connectivity index (χ4v) is 2.60. The third-order valence-corrected chi connectivity index (χ3v) is 3.77. The van der Waals surface area contributed by atoms with Crippen molar-refractivity contribution in [3.05, 3.63) is 35.4 Å². The molecule has 5 heteroatoms. The Labute approximate surface area is 118 Å². The predicted molar refractivity (Wildman–Crippen MR) is 76.6 cm³/mol. The predicted octanol–water partition coefficient (Wildman–Crippen LogP) is 0.554. The molecule has 0 bridgehead atoms. The van der Waals surface area contributed by atoms with Gasteiger partial charge in [-0.1, -0.05) is 24.3 Å². The first kappa shape index (κ1) is 14.5. The van der Waals surface area contributed by atoms with Gasteiger partial charge in [-0.3, -0.25) is 9.59 Å². The van der Waals surface area contributed by atoms with E-state index in [-0.39, 0.29) is 5.91 Å². The average molecular weight is 275 g/mol. The van der Waals surface area contributed by atoms with Gasteiger partial charge < -0.3 is 16.4 Å². The van der Waals surface area contributed by atoms with Gasteiger partial charge >= 0.3 is 0 Å². The van der Waals surface area contributed by atoms with Crippen molar-refractivity contribution in [2.45, 2.75) is 38.3 Å². The van der Waals surface area contributed by atoms with Crippen LogP contribution in [0.1, 0.15) is 30.4 Å². The highest BCUT2D eigenvalue weighted by atomic mass is 16.2. The molecule has 108 valence electrons. The van der Waals surface area contributed by atoms with Gasteiger partial charge in [0.1, 0.15) is 6.04 Å². The van der Waals surface area contributed by atoms with Crippen LogP contribution in [-0.4, -0.2) is 29.3 Å². The van der Waals surface area contributed by atoms with Gasteiger partial charge in [0, 0.05) is 13.1 Å². The summed E-state index contributed by atoms with van der Waals surface area (Å²) in [5.74, 6) is -0.439. The summed E-state index contributed by atoms with van der Waals surface area (Å²) in [7, 11) is 0. The lowest BCUT2D eigenvalue weighted by molar-refractivity contribution is -0.140. The minimum Gasteiger partial charge on any atom is -0.368 e. The molecule has 0 radical (unpaired) electrons. The standard InChI is InChI=1S/C15H21N3O2/c16-10-12-6-4-11(5-7-12)9-14(19)18-8-2-1-3-13(18)15(17)20/h4-7,13H,1-3,8-10,16H2,(H2,17,20). The van der Waals surface area contributed by atoms with E-state index in [2.05, 4.69) is 0 Å². The lowest BCUT2D eigenvalue weighted by Gasteiger charge is -2.33. The zero-order valence-corrected chi connectivity index (χ0v) is 11.5. The topological polar surface area (TPSA) is 89.4 Å². The van der Waals surface area contributed by atoms with Gasteiger partial charge in [0.15, 0.2) is 0 Å². The fourth-order valence-electron chi connectivity index (χ4n) is 2.60. The lowest BCUT2D eigenvalue weighted by atomic mass is 10.00. The smallest absolute Gasteiger partial charge is 0.240 e. The summed E-state index contributed by atoms with van der Waals surface area (Å²) in [5, 5.41) is 0. The van der Waals surface area contributed by atoms with Crippen molar-refractivity contribution >= 4 is 11.8 Å². The lowest BCUT2D eigenvalue weighted by Crippen LogP contribution is -2.50. The molecule has 1 heterocycles. The highest BCUT2D eigenvalue weighted by Crippen LogP contribution is 2.18. The van der Waals surface area contributed by atoms with Crippen molar-refractivity contribution in [1.29, 1.82) is 0 Å². The van der Waals surface area contributed by atoms with Gasteiger partial charge in [-0.2, -0.15) is 0 Å². The molecule has 0 spiro atoms.